The Morgan fingerprint density at radius 2 is 1.88 bits per heavy atom. The molecule has 0 aliphatic heterocycles. The molecular formula is C18H17F2N3O3. The van der Waals surface area contributed by atoms with Crippen LogP contribution in [0.2, 0.25) is 0 Å². The van der Waals surface area contributed by atoms with Crippen LogP contribution >= 0.6 is 0 Å². The number of para-hydroxylation sites is 2. The summed E-state index contributed by atoms with van der Waals surface area (Å²) in [4.78, 5) is 24.5. The first-order valence-corrected chi connectivity index (χ1v) is 7.90. The summed E-state index contributed by atoms with van der Waals surface area (Å²) in [6.07, 6.45) is 0. The fraction of sp³-hybridized carbons (Fsp3) is 0.222. The van der Waals surface area contributed by atoms with Crippen molar-refractivity contribution >= 4 is 16.9 Å². The molecule has 136 valence electrons. The average molecular weight is 361 g/mol. The van der Waals surface area contributed by atoms with Crippen LogP contribution in [0.15, 0.2) is 53.3 Å². The summed E-state index contributed by atoms with van der Waals surface area (Å²) in [6, 6.07) is 13.3. The molecular weight excluding hydrogens is 344 g/mol. The minimum atomic E-state index is -2.90. The molecule has 0 spiro atoms. The van der Waals surface area contributed by atoms with Gasteiger partial charge in [0.1, 0.15) is 12.3 Å². The van der Waals surface area contributed by atoms with Crippen molar-refractivity contribution < 1.29 is 18.3 Å². The molecule has 0 saturated carbocycles. The summed E-state index contributed by atoms with van der Waals surface area (Å²) in [5, 5.41) is 2.68. The first-order chi connectivity index (χ1) is 12.5. The standard InChI is InChI=1S/C18H17F2N3O3/c1-22-14-7-2-3-8-15(14)23(18(22)25)11-16(24)21-10-12-5-4-6-13(9-12)26-17(19)20/h2-9,17H,10-11H2,1H3,(H,21,24). The summed E-state index contributed by atoms with van der Waals surface area (Å²) in [6.45, 7) is -2.90. The molecule has 26 heavy (non-hydrogen) atoms. The van der Waals surface area contributed by atoms with Crippen LogP contribution in [-0.2, 0) is 24.9 Å². The molecule has 0 saturated heterocycles. The van der Waals surface area contributed by atoms with Gasteiger partial charge in [-0.05, 0) is 29.8 Å². The lowest BCUT2D eigenvalue weighted by atomic mass is 10.2. The predicted octanol–water partition coefficient (Wildman–Crippen LogP) is 2.26. The van der Waals surface area contributed by atoms with Crippen molar-refractivity contribution in [2.75, 3.05) is 0 Å². The van der Waals surface area contributed by atoms with Crippen LogP contribution in [0.4, 0.5) is 8.78 Å². The number of aryl methyl sites for hydroxylation is 1. The van der Waals surface area contributed by atoms with Crippen LogP contribution < -0.4 is 15.7 Å². The van der Waals surface area contributed by atoms with E-state index in [1.807, 2.05) is 6.07 Å². The number of rotatable bonds is 6. The smallest absolute Gasteiger partial charge is 0.387 e. The lowest BCUT2D eigenvalue weighted by Gasteiger charge is -2.09. The number of aromatic nitrogens is 2. The molecule has 0 bridgehead atoms. The summed E-state index contributed by atoms with van der Waals surface area (Å²) < 4.78 is 31.7. The Labute approximate surface area is 147 Å². The molecule has 3 rings (SSSR count). The Morgan fingerprint density at radius 1 is 1.15 bits per heavy atom. The van der Waals surface area contributed by atoms with Crippen molar-refractivity contribution in [1.29, 1.82) is 0 Å². The molecule has 0 radical (unpaired) electrons. The largest absolute Gasteiger partial charge is 0.435 e. The number of alkyl halides is 2. The van der Waals surface area contributed by atoms with Gasteiger partial charge >= 0.3 is 12.3 Å². The second kappa shape index (κ2) is 7.38. The number of benzene rings is 2. The Kier molecular flexibility index (Phi) is 5.01. The number of nitrogens with one attached hydrogen (secondary N) is 1. The van der Waals surface area contributed by atoms with Gasteiger partial charge in [0.25, 0.3) is 0 Å². The number of fused-ring (bicyclic) bond motifs is 1. The van der Waals surface area contributed by atoms with Crippen LogP contribution in [0.3, 0.4) is 0 Å². The Bertz CT molecular complexity index is 995. The molecule has 0 aliphatic rings. The molecule has 1 heterocycles. The van der Waals surface area contributed by atoms with E-state index >= 15 is 0 Å². The molecule has 6 nitrogen and oxygen atoms in total. The third-order valence-corrected chi connectivity index (χ3v) is 3.97. The quantitative estimate of drug-likeness (QED) is 0.732. The first kappa shape index (κ1) is 17.7. The Hall–Kier alpha value is -3.16. The molecule has 1 amide bonds. The van der Waals surface area contributed by atoms with Gasteiger partial charge in [0.15, 0.2) is 0 Å². The lowest BCUT2D eigenvalue weighted by Crippen LogP contribution is -2.32. The number of amides is 1. The highest BCUT2D eigenvalue weighted by atomic mass is 19.3. The highest BCUT2D eigenvalue weighted by molar-refractivity contribution is 5.80. The number of hydrogen-bond acceptors (Lipinski definition) is 3. The van der Waals surface area contributed by atoms with E-state index in [0.29, 0.717) is 11.1 Å². The van der Waals surface area contributed by atoms with Gasteiger partial charge in [0, 0.05) is 13.6 Å². The second-order valence-corrected chi connectivity index (χ2v) is 5.72. The number of halogens is 2. The summed E-state index contributed by atoms with van der Waals surface area (Å²) in [5.74, 6) is -0.333. The fourth-order valence-electron chi connectivity index (χ4n) is 2.75. The molecule has 0 fully saturated rings. The van der Waals surface area contributed by atoms with Crippen molar-refractivity contribution in [2.24, 2.45) is 7.05 Å². The molecule has 0 aliphatic carbocycles. The number of nitrogens with zero attached hydrogens (tertiary/aromatic N) is 2. The highest BCUT2D eigenvalue weighted by Crippen LogP contribution is 2.16. The van der Waals surface area contributed by atoms with Crippen molar-refractivity contribution in [3.63, 3.8) is 0 Å². The maximum Gasteiger partial charge on any atom is 0.387 e. The second-order valence-electron chi connectivity index (χ2n) is 5.72. The number of hydrogen-bond donors (Lipinski definition) is 1. The van der Waals surface area contributed by atoms with Crippen LogP contribution in [0.5, 0.6) is 5.75 Å². The summed E-state index contributed by atoms with van der Waals surface area (Å²) in [5.41, 5.74) is 1.74. The zero-order valence-electron chi connectivity index (χ0n) is 14.0. The molecule has 0 unspecified atom stereocenters. The van der Waals surface area contributed by atoms with Gasteiger partial charge in [-0.25, -0.2) is 4.79 Å². The monoisotopic (exact) mass is 361 g/mol. The minimum Gasteiger partial charge on any atom is -0.435 e. The van der Waals surface area contributed by atoms with E-state index < -0.39 is 6.61 Å². The summed E-state index contributed by atoms with van der Waals surface area (Å²) in [7, 11) is 1.65. The van der Waals surface area contributed by atoms with Crippen molar-refractivity contribution in [3.05, 3.63) is 64.6 Å². The average Bonchev–Trinajstić information content (AvgIpc) is 2.85. The van der Waals surface area contributed by atoms with E-state index in [2.05, 4.69) is 10.1 Å². The third-order valence-electron chi connectivity index (χ3n) is 3.97. The van der Waals surface area contributed by atoms with Gasteiger partial charge in [-0.15, -0.1) is 0 Å². The van der Waals surface area contributed by atoms with E-state index in [4.69, 9.17) is 0 Å². The first-order valence-electron chi connectivity index (χ1n) is 7.90. The lowest BCUT2D eigenvalue weighted by molar-refractivity contribution is -0.121. The molecule has 0 atom stereocenters. The normalized spacial score (nSPS) is 11.1. The van der Waals surface area contributed by atoms with E-state index in [1.54, 1.807) is 37.4 Å². The van der Waals surface area contributed by atoms with Gasteiger partial charge in [0.2, 0.25) is 5.91 Å². The van der Waals surface area contributed by atoms with Gasteiger partial charge in [0.05, 0.1) is 11.0 Å². The van der Waals surface area contributed by atoms with Crippen molar-refractivity contribution in [1.82, 2.24) is 14.5 Å². The van der Waals surface area contributed by atoms with E-state index in [0.717, 1.165) is 5.52 Å². The molecule has 1 aromatic heterocycles. The van der Waals surface area contributed by atoms with E-state index in [9.17, 15) is 18.4 Å². The van der Waals surface area contributed by atoms with Crippen molar-refractivity contribution in [2.45, 2.75) is 19.7 Å². The van der Waals surface area contributed by atoms with Crippen LogP contribution in [0.25, 0.3) is 11.0 Å². The fourth-order valence-corrected chi connectivity index (χ4v) is 2.75. The Balaban J connectivity index is 1.69. The summed E-state index contributed by atoms with van der Waals surface area (Å²) >= 11 is 0. The zero-order chi connectivity index (χ0) is 18.7. The number of imidazole rings is 1. The minimum absolute atomic E-state index is 0.0250. The van der Waals surface area contributed by atoms with Gasteiger partial charge in [-0.2, -0.15) is 8.78 Å². The van der Waals surface area contributed by atoms with Gasteiger partial charge in [-0.1, -0.05) is 24.3 Å². The molecule has 2 aromatic carbocycles. The van der Waals surface area contributed by atoms with Gasteiger partial charge in [-0.3, -0.25) is 13.9 Å². The maximum atomic E-state index is 12.3. The van der Waals surface area contributed by atoms with Crippen LogP contribution in [0, 0.1) is 0 Å². The van der Waals surface area contributed by atoms with E-state index in [1.165, 1.54) is 21.3 Å². The third kappa shape index (κ3) is 3.74. The maximum absolute atomic E-state index is 12.3. The molecule has 3 aromatic rings. The topological polar surface area (TPSA) is 65.3 Å². The predicted molar refractivity (Wildman–Crippen MR) is 92.1 cm³/mol. The molecule has 1 N–H and O–H groups in total. The number of carbonyl (C=O) groups excluding carboxylic acids is 1. The van der Waals surface area contributed by atoms with Crippen LogP contribution in [-0.4, -0.2) is 21.7 Å². The van der Waals surface area contributed by atoms with E-state index in [-0.39, 0.29) is 30.4 Å². The number of carbonyl (C=O) groups is 1. The Morgan fingerprint density at radius 3 is 2.62 bits per heavy atom. The van der Waals surface area contributed by atoms with Gasteiger partial charge < -0.3 is 10.1 Å². The zero-order valence-corrected chi connectivity index (χ0v) is 14.0. The van der Waals surface area contributed by atoms with Crippen molar-refractivity contribution in [3.8, 4) is 5.75 Å². The highest BCUT2D eigenvalue weighted by Gasteiger charge is 2.13. The van der Waals surface area contributed by atoms with Crippen LogP contribution in [0.1, 0.15) is 5.56 Å². The SMILES string of the molecule is Cn1c(=O)n(CC(=O)NCc2cccc(OC(F)F)c2)c2ccccc21. The number of ether oxygens (including phenoxy) is 1. The molecule has 8 heteroatoms.